The number of sulfonamides is 1. The largest absolute Gasteiger partial charge is 0.350 e. The fourth-order valence-electron chi connectivity index (χ4n) is 4.23. The van der Waals surface area contributed by atoms with E-state index in [0.29, 0.717) is 42.5 Å². The van der Waals surface area contributed by atoms with Gasteiger partial charge >= 0.3 is 0 Å². The van der Waals surface area contributed by atoms with Crippen LogP contribution in [0.2, 0.25) is 0 Å². The number of benzene rings is 2. The minimum absolute atomic E-state index is 0.216. The van der Waals surface area contributed by atoms with Crippen molar-refractivity contribution in [1.82, 2.24) is 9.79 Å². The van der Waals surface area contributed by atoms with E-state index in [-0.39, 0.29) is 5.75 Å². The number of ether oxygens (including phenoxy) is 1. The quantitative estimate of drug-likeness (QED) is 0.541. The van der Waals surface area contributed by atoms with Gasteiger partial charge in [-0.1, -0.05) is 36.4 Å². The van der Waals surface area contributed by atoms with Gasteiger partial charge in [-0.25, -0.2) is 23.0 Å². The van der Waals surface area contributed by atoms with Gasteiger partial charge in [-0.3, -0.25) is 4.79 Å². The van der Waals surface area contributed by atoms with E-state index in [9.17, 15) is 13.2 Å². The Labute approximate surface area is 206 Å². The Hall–Kier alpha value is -1.91. The molecule has 1 unspecified atom stereocenters. The van der Waals surface area contributed by atoms with Gasteiger partial charge in [0, 0.05) is 41.8 Å². The van der Waals surface area contributed by atoms with E-state index in [4.69, 9.17) is 9.57 Å². The maximum absolute atomic E-state index is 13.2. The molecule has 2 aromatic carbocycles. The summed E-state index contributed by atoms with van der Waals surface area (Å²) >= 11 is 1.83. The molecule has 0 aromatic heterocycles. The van der Waals surface area contributed by atoms with Crippen molar-refractivity contribution in [1.29, 1.82) is 0 Å². The SMILES string of the molecule is Cc1ccccc1SC1CCN(S(=O)(=O)Cc2ccccc2C(=O)NOC2CCCCO2)CC1. The molecule has 2 fully saturated rings. The van der Waals surface area contributed by atoms with Crippen LogP contribution in [0, 0.1) is 6.92 Å². The topological polar surface area (TPSA) is 84.9 Å². The zero-order chi connectivity index (χ0) is 24.0. The number of carbonyl (C=O) groups is 1. The molecule has 2 aliphatic rings. The first-order chi connectivity index (χ1) is 16.4. The van der Waals surface area contributed by atoms with Gasteiger partial charge < -0.3 is 4.74 Å². The smallest absolute Gasteiger partial charge is 0.275 e. The number of carbonyl (C=O) groups excluding carboxylic acids is 1. The minimum Gasteiger partial charge on any atom is -0.350 e. The third-order valence-electron chi connectivity index (χ3n) is 6.20. The lowest BCUT2D eigenvalue weighted by Crippen LogP contribution is -2.40. The zero-order valence-corrected chi connectivity index (χ0v) is 21.1. The van der Waals surface area contributed by atoms with Crippen molar-refractivity contribution in [3.05, 3.63) is 65.2 Å². The predicted molar refractivity (Wildman–Crippen MR) is 133 cm³/mol. The van der Waals surface area contributed by atoms with Crippen molar-refractivity contribution >= 4 is 27.7 Å². The first kappa shape index (κ1) is 25.2. The first-order valence-electron chi connectivity index (χ1n) is 11.8. The van der Waals surface area contributed by atoms with Gasteiger partial charge in [0.1, 0.15) is 0 Å². The minimum atomic E-state index is -3.55. The molecule has 1 amide bonds. The number of nitrogens with zero attached hydrogens (tertiary/aromatic N) is 1. The van der Waals surface area contributed by atoms with Crippen LogP contribution in [0.5, 0.6) is 0 Å². The zero-order valence-electron chi connectivity index (χ0n) is 19.4. The normalized spacial score (nSPS) is 20.2. The van der Waals surface area contributed by atoms with Crippen LogP contribution in [0.4, 0.5) is 0 Å². The van der Waals surface area contributed by atoms with Crippen molar-refractivity contribution in [2.75, 3.05) is 19.7 Å². The fraction of sp³-hybridized carbons (Fsp3) is 0.480. The number of rotatable bonds is 8. The summed E-state index contributed by atoms with van der Waals surface area (Å²) < 4.78 is 33.4. The highest BCUT2D eigenvalue weighted by Gasteiger charge is 2.30. The van der Waals surface area contributed by atoms with Crippen molar-refractivity contribution in [3.63, 3.8) is 0 Å². The van der Waals surface area contributed by atoms with E-state index in [1.807, 2.05) is 23.9 Å². The summed E-state index contributed by atoms with van der Waals surface area (Å²) in [5.74, 6) is -0.681. The monoisotopic (exact) mass is 504 g/mol. The van der Waals surface area contributed by atoms with E-state index >= 15 is 0 Å². The fourth-order valence-corrected chi connectivity index (χ4v) is 7.04. The van der Waals surface area contributed by atoms with Gasteiger partial charge in [0.15, 0.2) is 6.29 Å². The summed E-state index contributed by atoms with van der Waals surface area (Å²) in [6, 6.07) is 15.1. The van der Waals surface area contributed by atoms with Gasteiger partial charge in [0.25, 0.3) is 5.91 Å². The molecular weight excluding hydrogens is 472 g/mol. The van der Waals surface area contributed by atoms with Crippen LogP contribution >= 0.6 is 11.8 Å². The Morgan fingerprint density at radius 2 is 1.82 bits per heavy atom. The third-order valence-corrected chi connectivity index (χ3v) is 9.55. The number of hydrogen-bond acceptors (Lipinski definition) is 6. The molecule has 1 N–H and O–H groups in total. The number of piperidine rings is 1. The Morgan fingerprint density at radius 3 is 2.56 bits per heavy atom. The second kappa shape index (κ2) is 11.7. The third kappa shape index (κ3) is 6.60. The highest BCUT2D eigenvalue weighted by molar-refractivity contribution is 8.00. The molecule has 184 valence electrons. The Kier molecular flexibility index (Phi) is 8.65. The molecular formula is C25H32N2O5S2. The summed E-state index contributed by atoms with van der Waals surface area (Å²) in [7, 11) is -3.55. The summed E-state index contributed by atoms with van der Waals surface area (Å²) in [6.45, 7) is 3.68. The maximum atomic E-state index is 13.2. The molecule has 0 spiro atoms. The number of hydroxylamine groups is 1. The molecule has 1 atom stereocenters. The second-order valence-electron chi connectivity index (χ2n) is 8.74. The number of amides is 1. The standard InChI is InChI=1S/C25H32N2O5S2/c1-19-8-2-5-11-23(19)33-21-13-15-27(16-14-21)34(29,30)18-20-9-3-4-10-22(20)25(28)26-32-24-12-6-7-17-31-24/h2-5,8-11,21,24H,6-7,12-18H2,1H3,(H,26,28). The van der Waals surface area contributed by atoms with E-state index in [1.165, 1.54) is 10.5 Å². The lowest BCUT2D eigenvalue weighted by Gasteiger charge is -2.31. The molecule has 0 saturated carbocycles. The van der Waals surface area contributed by atoms with Gasteiger partial charge in [-0.15, -0.1) is 11.8 Å². The lowest BCUT2D eigenvalue weighted by molar-refractivity contribution is -0.186. The Balaban J connectivity index is 1.34. The summed E-state index contributed by atoms with van der Waals surface area (Å²) in [4.78, 5) is 19.4. The van der Waals surface area contributed by atoms with Crippen molar-refractivity contribution in [2.24, 2.45) is 0 Å². The Bertz CT molecular complexity index is 1080. The molecule has 7 nitrogen and oxygen atoms in total. The van der Waals surface area contributed by atoms with Crippen LogP contribution in [0.1, 0.15) is 53.6 Å². The average Bonchev–Trinajstić information content (AvgIpc) is 2.85. The van der Waals surface area contributed by atoms with Crippen LogP contribution in [-0.2, 0) is 25.4 Å². The van der Waals surface area contributed by atoms with Gasteiger partial charge in [-0.2, -0.15) is 0 Å². The molecule has 2 aliphatic heterocycles. The highest BCUT2D eigenvalue weighted by Crippen LogP contribution is 2.33. The molecule has 0 bridgehead atoms. The van der Waals surface area contributed by atoms with Crippen LogP contribution < -0.4 is 5.48 Å². The van der Waals surface area contributed by atoms with E-state index in [0.717, 1.165) is 25.7 Å². The molecule has 34 heavy (non-hydrogen) atoms. The number of thioether (sulfide) groups is 1. The average molecular weight is 505 g/mol. The number of aryl methyl sites for hydroxylation is 1. The van der Waals surface area contributed by atoms with Crippen LogP contribution in [0.15, 0.2) is 53.4 Å². The molecule has 0 aliphatic carbocycles. The van der Waals surface area contributed by atoms with E-state index < -0.39 is 22.2 Å². The molecule has 2 saturated heterocycles. The lowest BCUT2D eigenvalue weighted by atomic mass is 10.1. The van der Waals surface area contributed by atoms with Crippen LogP contribution in [0.3, 0.4) is 0 Å². The molecule has 2 aromatic rings. The van der Waals surface area contributed by atoms with Gasteiger partial charge in [-0.05, 0) is 55.9 Å². The molecule has 2 heterocycles. The van der Waals surface area contributed by atoms with Crippen LogP contribution in [-0.4, -0.2) is 49.9 Å². The van der Waals surface area contributed by atoms with Crippen molar-refractivity contribution in [2.45, 2.75) is 61.2 Å². The van der Waals surface area contributed by atoms with Gasteiger partial charge in [0.2, 0.25) is 10.0 Å². The number of hydrogen-bond donors (Lipinski definition) is 1. The number of nitrogens with one attached hydrogen (secondary N) is 1. The highest BCUT2D eigenvalue weighted by atomic mass is 32.2. The molecule has 4 rings (SSSR count). The van der Waals surface area contributed by atoms with Crippen molar-refractivity contribution < 1.29 is 22.8 Å². The summed E-state index contributed by atoms with van der Waals surface area (Å²) in [6.07, 6.45) is 3.82. The molecule has 9 heteroatoms. The predicted octanol–water partition coefficient (Wildman–Crippen LogP) is 4.27. The maximum Gasteiger partial charge on any atom is 0.275 e. The van der Waals surface area contributed by atoms with Crippen LogP contribution in [0.25, 0.3) is 0 Å². The van der Waals surface area contributed by atoms with Crippen molar-refractivity contribution in [3.8, 4) is 0 Å². The summed E-state index contributed by atoms with van der Waals surface area (Å²) in [5.41, 5.74) is 4.44. The molecule has 0 radical (unpaired) electrons. The van der Waals surface area contributed by atoms with E-state index in [2.05, 4.69) is 24.5 Å². The first-order valence-corrected chi connectivity index (χ1v) is 14.3. The second-order valence-corrected chi connectivity index (χ2v) is 12.1. The van der Waals surface area contributed by atoms with Gasteiger partial charge in [0.05, 0.1) is 5.75 Å². The summed E-state index contributed by atoms with van der Waals surface area (Å²) in [5, 5.41) is 0.393. The Morgan fingerprint density at radius 1 is 1.09 bits per heavy atom. The van der Waals surface area contributed by atoms with E-state index in [1.54, 1.807) is 28.6 Å².